The molecule has 150 valence electrons. The predicted octanol–water partition coefficient (Wildman–Crippen LogP) is 3.96. The Bertz CT molecular complexity index is 808. The maximum Gasteiger partial charge on any atom is 0.303 e. The zero-order chi connectivity index (χ0) is 19.9. The summed E-state index contributed by atoms with van der Waals surface area (Å²) in [5.74, 6) is 0.0263. The summed E-state index contributed by atoms with van der Waals surface area (Å²) in [6.07, 6.45) is 8.15. The van der Waals surface area contributed by atoms with E-state index in [4.69, 9.17) is 9.84 Å². The summed E-state index contributed by atoms with van der Waals surface area (Å²) in [6, 6.07) is 7.09. The number of benzene rings is 1. The van der Waals surface area contributed by atoms with Gasteiger partial charge in [0.1, 0.15) is 5.75 Å². The van der Waals surface area contributed by atoms with Crippen molar-refractivity contribution in [1.29, 1.82) is 0 Å². The van der Waals surface area contributed by atoms with Gasteiger partial charge in [-0.1, -0.05) is 19.3 Å². The number of rotatable bonds is 8. The van der Waals surface area contributed by atoms with Crippen molar-refractivity contribution in [3.63, 3.8) is 0 Å². The standard InChI is InChI=1S/C21H27N3O4/c1-24-14-18(20(23-24)15-6-3-2-4-7-15)21(27)22-16-9-11-17(12-10-16)28-13-5-8-19(25)26/h9-12,14-15H,2-8,13H2,1H3,(H,22,27)(H,25,26). The molecule has 0 radical (unpaired) electrons. The van der Waals surface area contributed by atoms with Crippen LogP contribution in [-0.4, -0.2) is 33.4 Å². The molecule has 0 saturated heterocycles. The highest BCUT2D eigenvalue weighted by atomic mass is 16.5. The second-order valence-electron chi connectivity index (χ2n) is 7.26. The maximum absolute atomic E-state index is 12.8. The predicted molar refractivity (Wildman–Crippen MR) is 106 cm³/mol. The summed E-state index contributed by atoms with van der Waals surface area (Å²) >= 11 is 0. The number of carbonyl (C=O) groups is 2. The monoisotopic (exact) mass is 385 g/mol. The van der Waals surface area contributed by atoms with E-state index in [1.165, 1.54) is 19.3 Å². The lowest BCUT2D eigenvalue weighted by Crippen LogP contribution is -2.16. The van der Waals surface area contributed by atoms with Crippen molar-refractivity contribution in [3.8, 4) is 5.75 Å². The highest BCUT2D eigenvalue weighted by molar-refractivity contribution is 6.05. The molecule has 3 rings (SSSR count). The molecule has 1 aliphatic carbocycles. The lowest BCUT2D eigenvalue weighted by Gasteiger charge is -2.20. The molecule has 1 heterocycles. The van der Waals surface area contributed by atoms with Crippen LogP contribution in [0.25, 0.3) is 0 Å². The number of hydrogen-bond acceptors (Lipinski definition) is 4. The molecule has 0 spiro atoms. The second-order valence-corrected chi connectivity index (χ2v) is 7.26. The first-order valence-corrected chi connectivity index (χ1v) is 9.82. The van der Waals surface area contributed by atoms with Gasteiger partial charge in [0.15, 0.2) is 0 Å². The molecule has 1 fully saturated rings. The van der Waals surface area contributed by atoms with E-state index in [2.05, 4.69) is 10.4 Å². The Morgan fingerprint density at radius 1 is 1.21 bits per heavy atom. The molecule has 1 saturated carbocycles. The van der Waals surface area contributed by atoms with Crippen molar-refractivity contribution < 1.29 is 19.4 Å². The van der Waals surface area contributed by atoms with Gasteiger partial charge in [0.05, 0.1) is 17.9 Å². The van der Waals surface area contributed by atoms with E-state index in [1.54, 1.807) is 35.1 Å². The van der Waals surface area contributed by atoms with Gasteiger partial charge in [-0.05, 0) is 43.5 Å². The van der Waals surface area contributed by atoms with Crippen LogP contribution >= 0.6 is 0 Å². The van der Waals surface area contributed by atoms with Crippen LogP contribution in [0.3, 0.4) is 0 Å². The minimum Gasteiger partial charge on any atom is -0.494 e. The molecule has 2 aromatic rings. The van der Waals surface area contributed by atoms with Crippen LogP contribution < -0.4 is 10.1 Å². The van der Waals surface area contributed by atoms with Crippen molar-refractivity contribution in [2.24, 2.45) is 7.05 Å². The van der Waals surface area contributed by atoms with E-state index >= 15 is 0 Å². The summed E-state index contributed by atoms with van der Waals surface area (Å²) in [4.78, 5) is 23.3. The molecular formula is C21H27N3O4. The topological polar surface area (TPSA) is 93.5 Å². The van der Waals surface area contributed by atoms with Crippen molar-refractivity contribution in [3.05, 3.63) is 41.7 Å². The minimum atomic E-state index is -0.829. The highest BCUT2D eigenvalue weighted by Gasteiger charge is 2.25. The Morgan fingerprint density at radius 3 is 2.61 bits per heavy atom. The largest absolute Gasteiger partial charge is 0.494 e. The fourth-order valence-corrected chi connectivity index (χ4v) is 3.60. The number of nitrogens with zero attached hydrogens (tertiary/aromatic N) is 2. The summed E-state index contributed by atoms with van der Waals surface area (Å²) in [5, 5.41) is 16.1. The minimum absolute atomic E-state index is 0.0859. The quantitative estimate of drug-likeness (QED) is 0.671. The smallest absolute Gasteiger partial charge is 0.303 e. The van der Waals surface area contributed by atoms with E-state index in [9.17, 15) is 9.59 Å². The van der Waals surface area contributed by atoms with Crippen molar-refractivity contribution in [1.82, 2.24) is 9.78 Å². The van der Waals surface area contributed by atoms with Crippen LogP contribution in [-0.2, 0) is 11.8 Å². The zero-order valence-corrected chi connectivity index (χ0v) is 16.2. The Balaban J connectivity index is 1.59. The highest BCUT2D eigenvalue weighted by Crippen LogP contribution is 2.33. The van der Waals surface area contributed by atoms with Crippen molar-refractivity contribution >= 4 is 17.6 Å². The van der Waals surface area contributed by atoms with Crippen LogP contribution in [0.2, 0.25) is 0 Å². The van der Waals surface area contributed by atoms with Crippen molar-refractivity contribution in [2.45, 2.75) is 50.9 Å². The number of aryl methyl sites for hydroxylation is 1. The van der Waals surface area contributed by atoms with Crippen LogP contribution in [0.15, 0.2) is 30.5 Å². The van der Waals surface area contributed by atoms with E-state index in [0.717, 1.165) is 18.5 Å². The normalized spacial score (nSPS) is 14.6. The van der Waals surface area contributed by atoms with Gasteiger partial charge in [0, 0.05) is 31.3 Å². The number of aliphatic carboxylic acids is 1. The van der Waals surface area contributed by atoms with Gasteiger partial charge < -0.3 is 15.2 Å². The first kappa shape index (κ1) is 19.9. The number of carboxylic acids is 1. The second kappa shape index (κ2) is 9.39. The third-order valence-electron chi connectivity index (χ3n) is 5.01. The molecule has 7 heteroatoms. The van der Waals surface area contributed by atoms with Gasteiger partial charge in [-0.25, -0.2) is 0 Å². The van der Waals surface area contributed by atoms with Crippen LogP contribution in [0.1, 0.15) is 66.9 Å². The summed E-state index contributed by atoms with van der Waals surface area (Å²) in [5.41, 5.74) is 2.22. The first-order valence-electron chi connectivity index (χ1n) is 9.82. The Labute approximate surface area is 164 Å². The van der Waals surface area contributed by atoms with Gasteiger partial charge in [-0.2, -0.15) is 5.10 Å². The van der Waals surface area contributed by atoms with E-state index in [1.807, 2.05) is 7.05 Å². The number of carbonyl (C=O) groups excluding carboxylic acids is 1. The molecule has 1 amide bonds. The fourth-order valence-electron chi connectivity index (χ4n) is 3.60. The summed E-state index contributed by atoms with van der Waals surface area (Å²) < 4.78 is 7.23. The molecule has 2 N–H and O–H groups in total. The Hall–Kier alpha value is -2.83. The molecule has 0 unspecified atom stereocenters. The average Bonchev–Trinajstić information content (AvgIpc) is 3.09. The van der Waals surface area contributed by atoms with Crippen LogP contribution in [0, 0.1) is 0 Å². The number of hydrogen-bond donors (Lipinski definition) is 2. The SMILES string of the molecule is Cn1cc(C(=O)Nc2ccc(OCCCC(=O)O)cc2)c(C2CCCCC2)n1. The molecule has 1 aromatic heterocycles. The Morgan fingerprint density at radius 2 is 1.93 bits per heavy atom. The number of aromatic nitrogens is 2. The fraction of sp³-hybridized carbons (Fsp3) is 0.476. The number of nitrogens with one attached hydrogen (secondary N) is 1. The zero-order valence-electron chi connectivity index (χ0n) is 16.2. The molecule has 1 aromatic carbocycles. The molecule has 7 nitrogen and oxygen atoms in total. The molecule has 1 aliphatic rings. The third-order valence-corrected chi connectivity index (χ3v) is 5.01. The third kappa shape index (κ3) is 5.34. The average molecular weight is 385 g/mol. The van der Waals surface area contributed by atoms with Gasteiger partial charge in [0.2, 0.25) is 0 Å². The number of anilines is 1. The Kier molecular flexibility index (Phi) is 6.68. The first-order chi connectivity index (χ1) is 13.5. The van der Waals surface area contributed by atoms with Crippen LogP contribution in [0.4, 0.5) is 5.69 Å². The lowest BCUT2D eigenvalue weighted by molar-refractivity contribution is -0.137. The molecule has 0 bridgehead atoms. The summed E-state index contributed by atoms with van der Waals surface area (Å²) in [7, 11) is 1.85. The molecule has 28 heavy (non-hydrogen) atoms. The lowest BCUT2D eigenvalue weighted by atomic mass is 9.85. The molecule has 0 atom stereocenters. The van der Waals surface area contributed by atoms with Crippen LogP contribution in [0.5, 0.6) is 5.75 Å². The summed E-state index contributed by atoms with van der Waals surface area (Å²) in [6.45, 7) is 0.346. The molecular weight excluding hydrogens is 358 g/mol. The van der Waals surface area contributed by atoms with Gasteiger partial charge in [0.25, 0.3) is 5.91 Å². The number of carboxylic acid groups (broad SMARTS) is 1. The van der Waals surface area contributed by atoms with Gasteiger partial charge >= 0.3 is 5.97 Å². The molecule has 0 aliphatic heterocycles. The van der Waals surface area contributed by atoms with E-state index in [-0.39, 0.29) is 12.3 Å². The maximum atomic E-state index is 12.8. The van der Waals surface area contributed by atoms with Crippen molar-refractivity contribution in [2.75, 3.05) is 11.9 Å². The van der Waals surface area contributed by atoms with E-state index < -0.39 is 5.97 Å². The van der Waals surface area contributed by atoms with Gasteiger partial charge in [-0.15, -0.1) is 0 Å². The van der Waals surface area contributed by atoms with E-state index in [0.29, 0.717) is 35.9 Å². The number of amides is 1. The van der Waals surface area contributed by atoms with Gasteiger partial charge in [-0.3, -0.25) is 14.3 Å². The number of ether oxygens (including phenoxy) is 1.